The first-order valence-electron chi connectivity index (χ1n) is 11.9. The number of nitroso groups, excluding NO2 is 1. The summed E-state index contributed by atoms with van der Waals surface area (Å²) in [4.78, 5) is 53.4. The Labute approximate surface area is 217 Å². The van der Waals surface area contributed by atoms with E-state index in [0.29, 0.717) is 16.3 Å². The normalized spacial score (nSPS) is 14.5. The maximum absolute atomic E-state index is 13.5. The highest BCUT2D eigenvalue weighted by Gasteiger charge is 2.20. The minimum Gasteiger partial charge on any atom is -0.332 e. The van der Waals surface area contributed by atoms with Gasteiger partial charge in [-0.25, -0.2) is 19.1 Å². The molecule has 2 N–H and O–H groups in total. The van der Waals surface area contributed by atoms with Crippen molar-refractivity contribution in [2.45, 2.75) is 45.7 Å². The topological polar surface area (TPSA) is 134 Å². The maximum atomic E-state index is 13.5. The lowest BCUT2D eigenvalue weighted by Crippen LogP contribution is -2.58. The van der Waals surface area contributed by atoms with Crippen LogP contribution >= 0.6 is 11.6 Å². The Hall–Kier alpha value is -4.05. The number of hydrogen-bond donors (Lipinski definition) is 1. The van der Waals surface area contributed by atoms with E-state index < -0.39 is 23.2 Å². The number of nitrogen functional groups attached to an aromatic ring is 1. The second-order valence-electron chi connectivity index (χ2n) is 9.10. The molecule has 11 heteroatoms. The molecule has 1 fully saturated rings. The van der Waals surface area contributed by atoms with Gasteiger partial charge in [0.25, 0.3) is 5.91 Å². The summed E-state index contributed by atoms with van der Waals surface area (Å²) in [5, 5.41) is 2.92. The molecule has 1 aromatic heterocycles. The van der Waals surface area contributed by atoms with Crippen LogP contribution in [0.15, 0.2) is 73.9 Å². The monoisotopic (exact) mass is 522 g/mol. The zero-order chi connectivity index (χ0) is 26.5. The highest BCUT2D eigenvalue weighted by molar-refractivity contribution is 6.30. The predicted octanol–water partition coefficient (Wildman–Crippen LogP) is 3.35. The van der Waals surface area contributed by atoms with Gasteiger partial charge in [0.15, 0.2) is 0 Å². The summed E-state index contributed by atoms with van der Waals surface area (Å²) in [7, 11) is 0. The van der Waals surface area contributed by atoms with Gasteiger partial charge in [-0.15, -0.1) is 4.91 Å². The summed E-state index contributed by atoms with van der Waals surface area (Å²) in [5.41, 5.74) is 2.01. The molecule has 0 unspecified atom stereocenters. The van der Waals surface area contributed by atoms with E-state index in [9.17, 15) is 19.3 Å². The van der Waals surface area contributed by atoms with Crippen LogP contribution in [0.3, 0.4) is 0 Å². The van der Waals surface area contributed by atoms with Crippen LogP contribution in [0.1, 0.15) is 43.7 Å². The zero-order valence-electron chi connectivity index (χ0n) is 20.3. The summed E-state index contributed by atoms with van der Waals surface area (Å²) in [5.74, 6) is 4.17. The molecule has 0 radical (unpaired) electrons. The van der Waals surface area contributed by atoms with Gasteiger partial charge in [-0.1, -0.05) is 54.4 Å². The van der Waals surface area contributed by atoms with Gasteiger partial charge < -0.3 is 5.84 Å². The van der Waals surface area contributed by atoms with Gasteiger partial charge in [-0.05, 0) is 61.1 Å². The van der Waals surface area contributed by atoms with E-state index in [1.54, 1.807) is 36.4 Å². The van der Waals surface area contributed by atoms with Gasteiger partial charge in [0.1, 0.15) is 0 Å². The molecule has 1 atom stereocenters. The molecule has 2 aromatic carbocycles. The fraction of sp³-hybridized carbons (Fsp3) is 0.308. The van der Waals surface area contributed by atoms with Crippen molar-refractivity contribution in [1.29, 1.82) is 0 Å². The lowest BCUT2D eigenvalue weighted by Gasteiger charge is -2.15. The molecule has 0 aliphatic heterocycles. The standard InChI is InChI=1S/C26H27ClN6O4/c1-17(23(34)30-37)15-32-25(35)31(16-20-6-10-21(27)11-7-20)24(33(28)26(32)36)29-22-12-8-19(9-13-22)14-18-4-2-3-5-18/h6-14,17H,2-5,15-16,28H2,1H3/b29-24-/t17-/m0/s1. The van der Waals surface area contributed by atoms with Crippen LogP contribution in [0.2, 0.25) is 5.02 Å². The third kappa shape index (κ3) is 6.03. The lowest BCUT2D eigenvalue weighted by atomic mass is 10.1. The van der Waals surface area contributed by atoms with Crippen LogP contribution in [0.25, 0.3) is 6.08 Å². The second-order valence-corrected chi connectivity index (χ2v) is 9.54. The van der Waals surface area contributed by atoms with Gasteiger partial charge in [0.05, 0.1) is 18.2 Å². The Kier molecular flexibility index (Phi) is 7.98. The molecule has 1 saturated carbocycles. The predicted molar refractivity (Wildman–Crippen MR) is 142 cm³/mol. The number of carbonyl (C=O) groups excluding carboxylic acids is 1. The van der Waals surface area contributed by atoms with Crippen LogP contribution < -0.4 is 22.8 Å². The number of benzene rings is 2. The Morgan fingerprint density at radius 2 is 1.68 bits per heavy atom. The van der Waals surface area contributed by atoms with E-state index in [1.165, 1.54) is 29.9 Å². The molecule has 10 nitrogen and oxygen atoms in total. The van der Waals surface area contributed by atoms with Gasteiger partial charge >= 0.3 is 11.4 Å². The Balaban J connectivity index is 1.82. The number of hydrogen-bond acceptors (Lipinski definition) is 6. The van der Waals surface area contributed by atoms with Crippen LogP contribution in [0.5, 0.6) is 0 Å². The number of nitrogens with zero attached hydrogens (tertiary/aromatic N) is 5. The summed E-state index contributed by atoms with van der Waals surface area (Å²) in [6.07, 6.45) is 6.82. The second kappa shape index (κ2) is 11.3. The molecule has 1 amide bonds. The van der Waals surface area contributed by atoms with E-state index in [1.807, 2.05) is 12.1 Å². The molecule has 4 rings (SSSR count). The zero-order valence-corrected chi connectivity index (χ0v) is 21.1. The molecule has 1 heterocycles. The molecule has 0 bridgehead atoms. The molecule has 1 aliphatic carbocycles. The van der Waals surface area contributed by atoms with Gasteiger partial charge in [0.2, 0.25) is 5.62 Å². The van der Waals surface area contributed by atoms with Gasteiger partial charge in [-0.2, -0.15) is 4.68 Å². The van der Waals surface area contributed by atoms with E-state index >= 15 is 0 Å². The van der Waals surface area contributed by atoms with Gasteiger partial charge in [0, 0.05) is 16.7 Å². The number of allylic oxidation sites excluding steroid dienone is 1. The van der Waals surface area contributed by atoms with Crippen molar-refractivity contribution >= 4 is 29.3 Å². The average Bonchev–Trinajstić information content (AvgIpc) is 3.42. The SMILES string of the molecule is C[C@@H](Cn1c(=O)n(N)/c(=N\c2ccc(C=C3CCCC3)cc2)n(Cc2ccc(Cl)cc2)c1=O)C(=O)N=O. The third-order valence-electron chi connectivity index (χ3n) is 6.32. The van der Waals surface area contributed by atoms with Crippen LogP contribution in [-0.2, 0) is 17.9 Å². The van der Waals surface area contributed by atoms with E-state index in [-0.39, 0.29) is 18.7 Å². The lowest BCUT2D eigenvalue weighted by molar-refractivity contribution is -0.121. The summed E-state index contributed by atoms with van der Waals surface area (Å²) in [6.45, 7) is 1.08. The van der Waals surface area contributed by atoms with Crippen molar-refractivity contribution in [1.82, 2.24) is 13.8 Å². The molecule has 37 heavy (non-hydrogen) atoms. The van der Waals surface area contributed by atoms with Crippen molar-refractivity contribution < 1.29 is 4.79 Å². The van der Waals surface area contributed by atoms with E-state index in [4.69, 9.17) is 17.4 Å². The minimum atomic E-state index is -0.990. The van der Waals surface area contributed by atoms with Crippen LogP contribution in [0.4, 0.5) is 5.69 Å². The number of carbonyl (C=O) groups is 1. The fourth-order valence-electron chi connectivity index (χ4n) is 4.25. The number of nitrogens with two attached hydrogens (primary N) is 1. The molecule has 192 valence electrons. The van der Waals surface area contributed by atoms with Crippen molar-refractivity contribution in [3.63, 3.8) is 0 Å². The summed E-state index contributed by atoms with van der Waals surface area (Å²) in [6, 6.07) is 14.3. The molecular formula is C26H27ClN6O4. The highest BCUT2D eigenvalue weighted by atomic mass is 35.5. The van der Waals surface area contributed by atoms with Crippen molar-refractivity contribution in [3.8, 4) is 0 Å². The third-order valence-corrected chi connectivity index (χ3v) is 6.57. The van der Waals surface area contributed by atoms with E-state index in [0.717, 1.165) is 27.6 Å². The van der Waals surface area contributed by atoms with Crippen molar-refractivity contribution in [3.05, 3.63) is 102 Å². The molecule has 0 spiro atoms. The first kappa shape index (κ1) is 26.0. The quantitative estimate of drug-likeness (QED) is 0.375. The van der Waals surface area contributed by atoms with E-state index in [2.05, 4.69) is 16.2 Å². The molecule has 0 saturated heterocycles. The maximum Gasteiger partial charge on any atom is 0.353 e. The van der Waals surface area contributed by atoms with Crippen molar-refractivity contribution in [2.75, 3.05) is 5.84 Å². The molecule has 1 aliphatic rings. The Bertz CT molecular complexity index is 1520. The van der Waals surface area contributed by atoms with Crippen molar-refractivity contribution in [2.24, 2.45) is 16.1 Å². The summed E-state index contributed by atoms with van der Waals surface area (Å²) < 4.78 is 2.81. The van der Waals surface area contributed by atoms with Crippen LogP contribution in [0, 0.1) is 10.8 Å². The Morgan fingerprint density at radius 1 is 1.03 bits per heavy atom. The molecular weight excluding hydrogens is 496 g/mol. The smallest absolute Gasteiger partial charge is 0.332 e. The number of aromatic nitrogens is 3. The first-order valence-corrected chi connectivity index (χ1v) is 12.3. The summed E-state index contributed by atoms with van der Waals surface area (Å²) >= 11 is 6.00. The number of rotatable bonds is 7. The highest BCUT2D eigenvalue weighted by Crippen LogP contribution is 2.26. The van der Waals surface area contributed by atoms with Crippen LogP contribution in [-0.4, -0.2) is 19.7 Å². The number of halogens is 1. The largest absolute Gasteiger partial charge is 0.353 e. The number of amides is 1. The Morgan fingerprint density at radius 3 is 2.30 bits per heavy atom. The minimum absolute atomic E-state index is 0.0325. The fourth-order valence-corrected chi connectivity index (χ4v) is 4.38. The van der Waals surface area contributed by atoms with Gasteiger partial charge in [-0.3, -0.25) is 9.36 Å². The average molecular weight is 523 g/mol. The first-order chi connectivity index (χ1) is 17.8. The molecule has 3 aromatic rings.